The molecule has 0 amide bonds. The van der Waals surface area contributed by atoms with Crippen molar-refractivity contribution in [2.75, 3.05) is 26.7 Å². The van der Waals surface area contributed by atoms with E-state index in [4.69, 9.17) is 4.74 Å². The van der Waals surface area contributed by atoms with Crippen molar-refractivity contribution in [2.24, 2.45) is 0 Å². The van der Waals surface area contributed by atoms with Crippen LogP contribution in [-0.2, 0) is 0 Å². The van der Waals surface area contributed by atoms with Crippen LogP contribution in [0.3, 0.4) is 0 Å². The average molecular weight is 338 g/mol. The van der Waals surface area contributed by atoms with Crippen molar-refractivity contribution < 1.29 is 4.74 Å². The van der Waals surface area contributed by atoms with E-state index >= 15 is 0 Å². The van der Waals surface area contributed by atoms with Crippen LogP contribution in [0.25, 0.3) is 6.08 Å². The van der Waals surface area contributed by atoms with Crippen molar-refractivity contribution in [3.8, 4) is 5.75 Å². The van der Waals surface area contributed by atoms with E-state index in [2.05, 4.69) is 50.4 Å². The molecule has 0 spiro atoms. The van der Waals surface area contributed by atoms with Crippen molar-refractivity contribution >= 4 is 6.08 Å². The molecule has 1 saturated heterocycles. The Morgan fingerprint density at radius 1 is 1.12 bits per heavy atom. The summed E-state index contributed by atoms with van der Waals surface area (Å²) in [5.41, 5.74) is 2.41. The van der Waals surface area contributed by atoms with E-state index in [0.717, 1.165) is 38.2 Å². The number of benzene rings is 1. The minimum atomic E-state index is 0.516. The minimum Gasteiger partial charge on any atom is -0.497 e. The van der Waals surface area contributed by atoms with Gasteiger partial charge in [-0.3, -0.25) is 4.90 Å². The molecule has 0 unspecified atom stereocenters. The molecule has 132 valence electrons. The largest absolute Gasteiger partial charge is 0.497 e. The molecule has 25 heavy (non-hydrogen) atoms. The Balaban J connectivity index is 1.24. The van der Waals surface area contributed by atoms with Crippen LogP contribution in [0.4, 0.5) is 0 Å². The molecule has 1 aromatic heterocycles. The summed E-state index contributed by atoms with van der Waals surface area (Å²) in [7, 11) is 1.69. The van der Waals surface area contributed by atoms with Crippen LogP contribution in [-0.4, -0.2) is 46.6 Å². The molecule has 0 N–H and O–H groups in total. The fourth-order valence-corrected chi connectivity index (χ4v) is 3.45. The summed E-state index contributed by atoms with van der Waals surface area (Å²) in [6.07, 6.45) is 11.5. The molecule has 5 heteroatoms. The van der Waals surface area contributed by atoms with E-state index in [1.54, 1.807) is 7.11 Å². The van der Waals surface area contributed by atoms with E-state index in [9.17, 15) is 0 Å². The third kappa shape index (κ3) is 4.10. The number of hydrogen-bond acceptors (Lipinski definition) is 4. The van der Waals surface area contributed by atoms with Crippen LogP contribution in [0.2, 0.25) is 0 Å². The highest BCUT2D eigenvalue weighted by Gasteiger charge is 2.28. The second-order valence-corrected chi connectivity index (χ2v) is 7.11. The summed E-state index contributed by atoms with van der Waals surface area (Å²) < 4.78 is 7.30. The average Bonchev–Trinajstić information content (AvgIpc) is 3.40. The zero-order valence-electron chi connectivity index (χ0n) is 14.8. The van der Waals surface area contributed by atoms with Gasteiger partial charge in [0, 0.05) is 31.7 Å². The molecule has 2 aromatic rings. The molecule has 1 aliphatic heterocycles. The lowest BCUT2D eigenvalue weighted by Gasteiger charge is -2.30. The van der Waals surface area contributed by atoms with Crippen LogP contribution >= 0.6 is 0 Å². The van der Waals surface area contributed by atoms with Crippen LogP contribution in [0, 0.1) is 0 Å². The molecular weight excluding hydrogens is 312 g/mol. The maximum atomic E-state index is 5.19. The van der Waals surface area contributed by atoms with Gasteiger partial charge >= 0.3 is 0 Å². The Bertz CT molecular complexity index is 710. The van der Waals surface area contributed by atoms with Gasteiger partial charge in [-0.15, -0.1) is 5.10 Å². The highest BCUT2D eigenvalue weighted by molar-refractivity contribution is 5.50. The molecule has 0 bridgehead atoms. The summed E-state index contributed by atoms with van der Waals surface area (Å²) in [6, 6.07) is 8.69. The molecular formula is C20H26N4O. The van der Waals surface area contributed by atoms with Gasteiger partial charge in [0.25, 0.3) is 0 Å². The second-order valence-electron chi connectivity index (χ2n) is 7.11. The molecule has 1 aliphatic carbocycles. The third-order valence-electron chi connectivity index (χ3n) is 5.24. The van der Waals surface area contributed by atoms with E-state index < -0.39 is 0 Å². The summed E-state index contributed by atoms with van der Waals surface area (Å²) in [5.74, 6) is 1.59. The maximum Gasteiger partial charge on any atom is 0.118 e. The summed E-state index contributed by atoms with van der Waals surface area (Å²) in [6.45, 7) is 3.25. The number of piperidine rings is 1. The highest BCUT2D eigenvalue weighted by Crippen LogP contribution is 2.39. The van der Waals surface area contributed by atoms with Gasteiger partial charge in [-0.05, 0) is 43.4 Å². The summed E-state index contributed by atoms with van der Waals surface area (Å²) in [5, 5.41) is 8.71. The lowest BCUT2D eigenvalue weighted by molar-refractivity contribution is 0.194. The van der Waals surface area contributed by atoms with Gasteiger partial charge in [0.05, 0.1) is 18.8 Å². The number of methoxy groups -OCH3 is 1. The van der Waals surface area contributed by atoms with Gasteiger partial charge in [0.15, 0.2) is 0 Å². The minimum absolute atomic E-state index is 0.516. The van der Waals surface area contributed by atoms with Crippen molar-refractivity contribution in [3.05, 3.63) is 47.8 Å². The normalized spacial score (nSPS) is 19.6. The molecule has 1 aromatic carbocycles. The molecule has 0 atom stereocenters. The number of likely N-dealkylation sites (tertiary alicyclic amines) is 1. The molecule has 0 radical (unpaired) electrons. The van der Waals surface area contributed by atoms with Gasteiger partial charge in [0.1, 0.15) is 5.75 Å². The summed E-state index contributed by atoms with van der Waals surface area (Å²) >= 11 is 0. The lowest BCUT2D eigenvalue weighted by atomic mass is 10.1. The quantitative estimate of drug-likeness (QED) is 0.808. The molecule has 2 heterocycles. The third-order valence-corrected chi connectivity index (χ3v) is 5.24. The van der Waals surface area contributed by atoms with Gasteiger partial charge in [0.2, 0.25) is 0 Å². The Kier molecular flexibility index (Phi) is 4.83. The first-order valence-corrected chi connectivity index (χ1v) is 9.26. The zero-order chi connectivity index (χ0) is 17.1. The Hall–Kier alpha value is -2.14. The van der Waals surface area contributed by atoms with Crippen LogP contribution in [0.15, 0.2) is 36.5 Å². The summed E-state index contributed by atoms with van der Waals surface area (Å²) in [4.78, 5) is 2.51. The Labute approximate surface area is 149 Å². The van der Waals surface area contributed by atoms with Gasteiger partial charge in [-0.25, -0.2) is 4.68 Å². The second kappa shape index (κ2) is 7.40. The first-order chi connectivity index (χ1) is 12.3. The van der Waals surface area contributed by atoms with Gasteiger partial charge in [-0.1, -0.05) is 29.5 Å². The van der Waals surface area contributed by atoms with E-state index in [1.165, 1.54) is 24.1 Å². The fourth-order valence-electron chi connectivity index (χ4n) is 3.45. The maximum absolute atomic E-state index is 5.19. The van der Waals surface area contributed by atoms with Crippen LogP contribution in [0.5, 0.6) is 5.75 Å². The molecule has 5 nitrogen and oxygen atoms in total. The predicted molar refractivity (Wildman–Crippen MR) is 98.7 cm³/mol. The predicted octanol–water partition coefficient (Wildman–Crippen LogP) is 3.51. The first kappa shape index (κ1) is 16.3. The van der Waals surface area contributed by atoms with Crippen molar-refractivity contribution in [3.63, 3.8) is 0 Å². The van der Waals surface area contributed by atoms with Crippen molar-refractivity contribution in [2.45, 2.75) is 37.6 Å². The lowest BCUT2D eigenvalue weighted by Crippen LogP contribution is -2.34. The molecule has 4 rings (SSSR count). The SMILES string of the molecule is COc1ccc(/C=C/CN2CCC(n3cc(C4CC4)nn3)CC2)cc1. The number of rotatable bonds is 6. The van der Waals surface area contributed by atoms with Crippen molar-refractivity contribution in [1.82, 2.24) is 19.9 Å². The van der Waals surface area contributed by atoms with Crippen LogP contribution < -0.4 is 4.74 Å². The number of aromatic nitrogens is 3. The topological polar surface area (TPSA) is 43.2 Å². The van der Waals surface area contributed by atoms with E-state index in [-0.39, 0.29) is 0 Å². The molecule has 2 fully saturated rings. The zero-order valence-corrected chi connectivity index (χ0v) is 14.8. The standard InChI is InChI=1S/C20H26N4O/c1-25-19-8-4-16(5-9-19)3-2-12-23-13-10-18(11-14-23)24-15-20(21-22-24)17-6-7-17/h2-5,8-9,15,17-18H,6-7,10-14H2,1H3/b3-2+. The fraction of sp³-hybridized carbons (Fsp3) is 0.500. The van der Waals surface area contributed by atoms with Crippen molar-refractivity contribution in [1.29, 1.82) is 0 Å². The number of hydrogen-bond donors (Lipinski definition) is 0. The Morgan fingerprint density at radius 3 is 2.56 bits per heavy atom. The van der Waals surface area contributed by atoms with E-state index in [1.807, 2.05) is 12.1 Å². The van der Waals surface area contributed by atoms with Gasteiger partial charge in [-0.2, -0.15) is 0 Å². The molecule has 1 saturated carbocycles. The molecule has 2 aliphatic rings. The van der Waals surface area contributed by atoms with Crippen LogP contribution in [0.1, 0.15) is 48.9 Å². The Morgan fingerprint density at radius 2 is 1.88 bits per heavy atom. The number of ether oxygens (including phenoxy) is 1. The highest BCUT2D eigenvalue weighted by atomic mass is 16.5. The smallest absolute Gasteiger partial charge is 0.118 e. The first-order valence-electron chi connectivity index (χ1n) is 9.26. The number of nitrogens with zero attached hydrogens (tertiary/aromatic N) is 4. The van der Waals surface area contributed by atoms with E-state index in [0.29, 0.717) is 12.0 Å². The monoisotopic (exact) mass is 338 g/mol. The van der Waals surface area contributed by atoms with Gasteiger partial charge < -0.3 is 4.74 Å².